The summed E-state index contributed by atoms with van der Waals surface area (Å²) in [5, 5.41) is 20.6. The second-order valence-corrected chi connectivity index (χ2v) is 5.68. The molecule has 0 aromatic rings. The van der Waals surface area contributed by atoms with Crippen LogP contribution in [-0.2, 0) is 4.79 Å². The number of hydrogen-bond acceptors (Lipinski definition) is 3. The second kappa shape index (κ2) is 7.99. The topological polar surface area (TPSA) is 89.9 Å². The van der Waals surface area contributed by atoms with Crippen LogP contribution in [0.1, 0.15) is 40.5 Å². The van der Waals surface area contributed by atoms with E-state index >= 15 is 0 Å². The van der Waals surface area contributed by atoms with Crippen molar-refractivity contribution in [3.63, 3.8) is 0 Å². The van der Waals surface area contributed by atoms with Gasteiger partial charge in [-0.3, -0.25) is 4.79 Å². The first-order valence-electron chi connectivity index (χ1n) is 6.60. The summed E-state index contributed by atoms with van der Waals surface area (Å²) in [6.45, 7) is 8.29. The van der Waals surface area contributed by atoms with Crippen molar-refractivity contribution in [1.82, 2.24) is 10.2 Å². The van der Waals surface area contributed by atoms with Crippen molar-refractivity contribution < 1.29 is 19.8 Å². The molecular formula is C13H26N2O4. The Kier molecular flexibility index (Phi) is 7.44. The number of nitrogens with zero attached hydrogens (tertiary/aromatic N) is 1. The maximum atomic E-state index is 12.1. The highest BCUT2D eigenvalue weighted by Gasteiger charge is 2.29. The van der Waals surface area contributed by atoms with Crippen LogP contribution in [0.4, 0.5) is 4.79 Å². The summed E-state index contributed by atoms with van der Waals surface area (Å²) >= 11 is 0. The van der Waals surface area contributed by atoms with E-state index in [9.17, 15) is 9.59 Å². The largest absolute Gasteiger partial charge is 0.481 e. The summed E-state index contributed by atoms with van der Waals surface area (Å²) in [7, 11) is 0. The number of carbonyl (C=O) groups excluding carboxylic acids is 1. The molecule has 0 rings (SSSR count). The smallest absolute Gasteiger partial charge is 0.317 e. The van der Waals surface area contributed by atoms with Crippen molar-refractivity contribution in [1.29, 1.82) is 0 Å². The molecule has 1 atom stereocenters. The number of rotatable bonds is 7. The van der Waals surface area contributed by atoms with Gasteiger partial charge in [0.05, 0.1) is 13.0 Å². The molecule has 0 radical (unpaired) electrons. The summed E-state index contributed by atoms with van der Waals surface area (Å²) in [5.41, 5.74) is -0.342. The van der Waals surface area contributed by atoms with Crippen molar-refractivity contribution in [2.24, 2.45) is 5.41 Å². The Bertz CT molecular complexity index is 294. The maximum absolute atomic E-state index is 12.1. The van der Waals surface area contributed by atoms with Gasteiger partial charge in [0.15, 0.2) is 0 Å². The van der Waals surface area contributed by atoms with Gasteiger partial charge in [-0.25, -0.2) is 4.79 Å². The van der Waals surface area contributed by atoms with E-state index in [1.165, 1.54) is 4.90 Å². The predicted molar refractivity (Wildman–Crippen MR) is 73.0 cm³/mol. The number of hydrogen-bond donors (Lipinski definition) is 3. The van der Waals surface area contributed by atoms with Gasteiger partial charge >= 0.3 is 12.0 Å². The zero-order valence-electron chi connectivity index (χ0n) is 12.3. The minimum absolute atomic E-state index is 0.105. The number of aliphatic hydroxyl groups is 1. The average Bonchev–Trinajstić information content (AvgIpc) is 2.26. The van der Waals surface area contributed by atoms with Crippen LogP contribution in [-0.4, -0.2) is 52.9 Å². The van der Waals surface area contributed by atoms with Gasteiger partial charge in [0.25, 0.3) is 0 Å². The summed E-state index contributed by atoms with van der Waals surface area (Å²) in [6, 6.07) is -0.771. The molecule has 3 N–H and O–H groups in total. The van der Waals surface area contributed by atoms with Crippen molar-refractivity contribution >= 4 is 12.0 Å². The number of carboxylic acid groups (broad SMARTS) is 1. The Morgan fingerprint density at radius 3 is 2.21 bits per heavy atom. The van der Waals surface area contributed by atoms with Crippen molar-refractivity contribution in [3.05, 3.63) is 0 Å². The van der Waals surface area contributed by atoms with E-state index in [2.05, 4.69) is 5.32 Å². The van der Waals surface area contributed by atoms with Crippen LogP contribution in [0, 0.1) is 5.41 Å². The Morgan fingerprint density at radius 2 is 1.84 bits per heavy atom. The van der Waals surface area contributed by atoms with Crippen LogP contribution in [0.15, 0.2) is 0 Å². The quantitative estimate of drug-likeness (QED) is 0.652. The van der Waals surface area contributed by atoms with E-state index < -0.39 is 12.0 Å². The minimum atomic E-state index is -0.940. The fourth-order valence-electron chi connectivity index (χ4n) is 1.69. The molecule has 2 amide bonds. The van der Waals surface area contributed by atoms with Gasteiger partial charge in [0.1, 0.15) is 0 Å². The Balaban J connectivity index is 4.72. The standard InChI is InChI=1S/C13H26N2O4/c1-5-6-15(7-8-16)12(19)14-10(9-11(17)18)13(2,3)4/h10,16H,5-9H2,1-4H3,(H,14,19)(H,17,18). The molecule has 19 heavy (non-hydrogen) atoms. The van der Waals surface area contributed by atoms with Crippen LogP contribution in [0.5, 0.6) is 0 Å². The number of nitrogens with one attached hydrogen (secondary N) is 1. The number of carbonyl (C=O) groups is 2. The molecule has 1 unspecified atom stereocenters. The lowest BCUT2D eigenvalue weighted by Gasteiger charge is -2.32. The monoisotopic (exact) mass is 274 g/mol. The van der Waals surface area contributed by atoms with Gasteiger partial charge in [0, 0.05) is 19.1 Å². The van der Waals surface area contributed by atoms with Gasteiger partial charge in [-0.05, 0) is 11.8 Å². The number of carboxylic acids is 1. The lowest BCUT2D eigenvalue weighted by atomic mass is 9.85. The zero-order chi connectivity index (χ0) is 15.1. The predicted octanol–water partition coefficient (Wildman–Crippen LogP) is 1.29. The van der Waals surface area contributed by atoms with Gasteiger partial charge < -0.3 is 20.4 Å². The van der Waals surface area contributed by atoms with Crippen LogP contribution in [0.2, 0.25) is 0 Å². The number of aliphatic carboxylic acids is 1. The summed E-state index contributed by atoms with van der Waals surface area (Å²) in [6.07, 6.45) is 0.668. The summed E-state index contributed by atoms with van der Waals surface area (Å²) in [5.74, 6) is -0.940. The molecule has 0 aromatic heterocycles. The van der Waals surface area contributed by atoms with Crippen LogP contribution < -0.4 is 5.32 Å². The maximum Gasteiger partial charge on any atom is 0.317 e. The molecule has 6 nitrogen and oxygen atoms in total. The molecule has 0 aromatic carbocycles. The van der Waals surface area contributed by atoms with E-state index in [4.69, 9.17) is 10.2 Å². The van der Waals surface area contributed by atoms with Crippen molar-refractivity contribution in [2.45, 2.75) is 46.6 Å². The Morgan fingerprint density at radius 1 is 1.26 bits per heavy atom. The Labute approximate surface area is 114 Å². The molecule has 0 spiro atoms. The first kappa shape index (κ1) is 17.7. The highest BCUT2D eigenvalue weighted by atomic mass is 16.4. The lowest BCUT2D eigenvalue weighted by Crippen LogP contribution is -2.51. The first-order chi connectivity index (χ1) is 8.72. The molecule has 0 heterocycles. The highest BCUT2D eigenvalue weighted by molar-refractivity contribution is 5.76. The highest BCUT2D eigenvalue weighted by Crippen LogP contribution is 2.22. The normalized spacial score (nSPS) is 12.9. The van der Waals surface area contributed by atoms with Gasteiger partial charge in [-0.2, -0.15) is 0 Å². The number of amides is 2. The molecular weight excluding hydrogens is 248 g/mol. The van der Waals surface area contributed by atoms with Gasteiger partial charge in [-0.1, -0.05) is 27.7 Å². The zero-order valence-corrected chi connectivity index (χ0v) is 12.3. The molecule has 6 heteroatoms. The third-order valence-electron chi connectivity index (χ3n) is 2.87. The van der Waals surface area contributed by atoms with E-state index in [1.807, 2.05) is 27.7 Å². The third kappa shape index (κ3) is 7.00. The number of aliphatic hydroxyl groups excluding tert-OH is 1. The molecule has 0 bridgehead atoms. The molecule has 0 aliphatic heterocycles. The molecule has 0 fully saturated rings. The summed E-state index contributed by atoms with van der Waals surface area (Å²) < 4.78 is 0. The Hall–Kier alpha value is -1.30. The number of urea groups is 1. The van der Waals surface area contributed by atoms with Gasteiger partial charge in [0.2, 0.25) is 0 Å². The van der Waals surface area contributed by atoms with E-state index in [0.29, 0.717) is 6.54 Å². The average molecular weight is 274 g/mol. The molecule has 112 valence electrons. The van der Waals surface area contributed by atoms with Crippen LogP contribution >= 0.6 is 0 Å². The van der Waals surface area contributed by atoms with E-state index in [-0.39, 0.29) is 31.0 Å². The SMILES string of the molecule is CCCN(CCO)C(=O)NC(CC(=O)O)C(C)(C)C. The second-order valence-electron chi connectivity index (χ2n) is 5.68. The lowest BCUT2D eigenvalue weighted by molar-refractivity contribution is -0.138. The minimum Gasteiger partial charge on any atom is -0.481 e. The summed E-state index contributed by atoms with van der Waals surface area (Å²) in [4.78, 5) is 24.4. The fraction of sp³-hybridized carbons (Fsp3) is 0.846. The molecule has 0 saturated heterocycles. The van der Waals surface area contributed by atoms with Crippen molar-refractivity contribution in [3.8, 4) is 0 Å². The van der Waals surface area contributed by atoms with Crippen LogP contribution in [0.25, 0.3) is 0 Å². The fourth-order valence-corrected chi connectivity index (χ4v) is 1.69. The third-order valence-corrected chi connectivity index (χ3v) is 2.87. The van der Waals surface area contributed by atoms with E-state index in [1.54, 1.807) is 0 Å². The van der Waals surface area contributed by atoms with Gasteiger partial charge in [-0.15, -0.1) is 0 Å². The first-order valence-corrected chi connectivity index (χ1v) is 6.60. The molecule has 0 aliphatic rings. The molecule has 0 aliphatic carbocycles. The molecule has 0 saturated carbocycles. The van der Waals surface area contributed by atoms with Crippen molar-refractivity contribution in [2.75, 3.05) is 19.7 Å². The van der Waals surface area contributed by atoms with Crippen LogP contribution in [0.3, 0.4) is 0 Å². The van der Waals surface area contributed by atoms with E-state index in [0.717, 1.165) is 6.42 Å².